The van der Waals surface area contributed by atoms with Gasteiger partial charge in [0.1, 0.15) is 0 Å². The lowest BCUT2D eigenvalue weighted by Gasteiger charge is -2.03. The molecular formula is C10H11ClN4O. The summed E-state index contributed by atoms with van der Waals surface area (Å²) in [6, 6.07) is 7.26. The van der Waals surface area contributed by atoms with Gasteiger partial charge < -0.3 is 5.32 Å². The number of amides is 2. The number of carbonyl (C=O) groups excluding carboxylic acids is 1. The number of carbonyl (C=O) groups is 1. The van der Waals surface area contributed by atoms with Crippen LogP contribution in [0.4, 0.5) is 10.6 Å². The standard InChI is InChI=1S/C10H11ClN4O/c11-5-6-12-10(16)13-9-7-3-1-2-4-8(7)14-15-9/h1-4H,5-6H2,(H3,12,13,14,15,16). The molecule has 0 aliphatic rings. The van der Waals surface area contributed by atoms with Gasteiger partial charge in [-0.2, -0.15) is 5.10 Å². The van der Waals surface area contributed by atoms with E-state index >= 15 is 0 Å². The number of alkyl halides is 1. The molecule has 0 aliphatic carbocycles. The Bertz CT molecular complexity index is 496. The minimum Gasteiger partial charge on any atom is -0.337 e. The predicted molar refractivity (Wildman–Crippen MR) is 63.8 cm³/mol. The smallest absolute Gasteiger partial charge is 0.320 e. The van der Waals surface area contributed by atoms with E-state index in [9.17, 15) is 4.79 Å². The number of rotatable bonds is 3. The Kier molecular flexibility index (Phi) is 3.26. The molecule has 0 spiro atoms. The third-order valence-corrected chi connectivity index (χ3v) is 2.27. The van der Waals surface area contributed by atoms with Gasteiger partial charge in [-0.3, -0.25) is 10.4 Å². The summed E-state index contributed by atoms with van der Waals surface area (Å²) in [4.78, 5) is 11.4. The number of H-pyrrole nitrogens is 1. The molecule has 2 aromatic rings. The van der Waals surface area contributed by atoms with Gasteiger partial charge >= 0.3 is 6.03 Å². The normalized spacial score (nSPS) is 10.3. The van der Waals surface area contributed by atoms with E-state index in [2.05, 4.69) is 20.8 Å². The molecule has 0 radical (unpaired) electrons. The van der Waals surface area contributed by atoms with Gasteiger partial charge in [-0.05, 0) is 12.1 Å². The van der Waals surface area contributed by atoms with E-state index in [1.54, 1.807) is 0 Å². The first-order valence-electron chi connectivity index (χ1n) is 4.85. The Balaban J connectivity index is 2.12. The fraction of sp³-hybridized carbons (Fsp3) is 0.200. The maximum absolute atomic E-state index is 11.4. The molecule has 2 amide bonds. The van der Waals surface area contributed by atoms with E-state index in [1.807, 2.05) is 24.3 Å². The van der Waals surface area contributed by atoms with Crippen LogP contribution in [0.25, 0.3) is 10.9 Å². The van der Waals surface area contributed by atoms with Crippen molar-refractivity contribution in [1.29, 1.82) is 0 Å². The summed E-state index contributed by atoms with van der Waals surface area (Å²) in [5, 5.41) is 13.0. The number of anilines is 1. The molecule has 0 unspecified atom stereocenters. The summed E-state index contributed by atoms with van der Waals surface area (Å²) < 4.78 is 0. The van der Waals surface area contributed by atoms with E-state index < -0.39 is 0 Å². The zero-order chi connectivity index (χ0) is 11.4. The first-order chi connectivity index (χ1) is 7.81. The molecule has 84 valence electrons. The zero-order valence-corrected chi connectivity index (χ0v) is 9.21. The van der Waals surface area contributed by atoms with Crippen molar-refractivity contribution < 1.29 is 4.79 Å². The quantitative estimate of drug-likeness (QED) is 0.715. The van der Waals surface area contributed by atoms with E-state index in [-0.39, 0.29) is 6.03 Å². The number of para-hydroxylation sites is 1. The zero-order valence-electron chi connectivity index (χ0n) is 8.46. The summed E-state index contributed by atoms with van der Waals surface area (Å²) in [7, 11) is 0. The number of fused-ring (bicyclic) bond motifs is 1. The van der Waals surface area contributed by atoms with Gasteiger partial charge in [-0.25, -0.2) is 4.79 Å². The fourth-order valence-electron chi connectivity index (χ4n) is 1.37. The highest BCUT2D eigenvalue weighted by Crippen LogP contribution is 2.18. The number of nitrogens with one attached hydrogen (secondary N) is 3. The van der Waals surface area contributed by atoms with Gasteiger partial charge in [0.05, 0.1) is 5.52 Å². The summed E-state index contributed by atoms with van der Waals surface area (Å²) in [5.41, 5.74) is 0.884. The second-order valence-electron chi connectivity index (χ2n) is 3.19. The summed E-state index contributed by atoms with van der Waals surface area (Å²) in [5.74, 6) is 0.900. The van der Waals surface area contributed by atoms with E-state index in [0.717, 1.165) is 10.9 Å². The average Bonchev–Trinajstić information content (AvgIpc) is 2.70. The van der Waals surface area contributed by atoms with Crippen molar-refractivity contribution in [1.82, 2.24) is 15.5 Å². The number of nitrogens with zero attached hydrogens (tertiary/aromatic N) is 1. The third-order valence-electron chi connectivity index (χ3n) is 2.08. The molecule has 1 aromatic carbocycles. The van der Waals surface area contributed by atoms with Crippen molar-refractivity contribution in [2.24, 2.45) is 0 Å². The number of hydrogen-bond acceptors (Lipinski definition) is 2. The van der Waals surface area contributed by atoms with Crippen LogP contribution in [0.2, 0.25) is 0 Å². The van der Waals surface area contributed by atoms with Gasteiger partial charge in [0.25, 0.3) is 0 Å². The van der Waals surface area contributed by atoms with Crippen LogP contribution < -0.4 is 10.6 Å². The van der Waals surface area contributed by atoms with Gasteiger partial charge in [0.15, 0.2) is 5.82 Å². The molecule has 2 rings (SSSR count). The third kappa shape index (κ3) is 2.25. The minimum atomic E-state index is -0.307. The van der Waals surface area contributed by atoms with Crippen LogP contribution in [0.5, 0.6) is 0 Å². The van der Waals surface area contributed by atoms with Crippen LogP contribution in [0, 0.1) is 0 Å². The van der Waals surface area contributed by atoms with Crippen LogP contribution >= 0.6 is 11.6 Å². The Labute approximate surface area is 97.2 Å². The monoisotopic (exact) mass is 238 g/mol. The number of aromatic nitrogens is 2. The predicted octanol–water partition coefficient (Wildman–Crippen LogP) is 1.92. The van der Waals surface area contributed by atoms with E-state index in [4.69, 9.17) is 11.6 Å². The second kappa shape index (κ2) is 4.85. The van der Waals surface area contributed by atoms with Crippen LogP contribution in [-0.2, 0) is 0 Å². The highest BCUT2D eigenvalue weighted by molar-refractivity contribution is 6.18. The van der Waals surface area contributed by atoms with Gasteiger partial charge in [0.2, 0.25) is 0 Å². The summed E-state index contributed by atoms with van der Waals surface area (Å²) in [6.07, 6.45) is 0. The maximum atomic E-state index is 11.4. The van der Waals surface area contributed by atoms with Crippen LogP contribution in [0.1, 0.15) is 0 Å². The molecule has 0 bridgehead atoms. The lowest BCUT2D eigenvalue weighted by Crippen LogP contribution is -2.30. The molecule has 0 aliphatic heterocycles. The van der Waals surface area contributed by atoms with Crippen molar-refractivity contribution in [3.8, 4) is 0 Å². The number of halogens is 1. The topological polar surface area (TPSA) is 69.8 Å². The first-order valence-corrected chi connectivity index (χ1v) is 5.38. The van der Waals surface area contributed by atoms with Crippen molar-refractivity contribution in [3.05, 3.63) is 24.3 Å². The first kappa shape index (κ1) is 10.8. The van der Waals surface area contributed by atoms with Crippen molar-refractivity contribution in [3.63, 3.8) is 0 Å². The molecule has 1 heterocycles. The summed E-state index contributed by atoms with van der Waals surface area (Å²) >= 11 is 5.46. The number of urea groups is 1. The summed E-state index contributed by atoms with van der Waals surface area (Å²) in [6.45, 7) is 0.426. The molecule has 0 atom stereocenters. The van der Waals surface area contributed by atoms with Crippen LogP contribution in [-0.4, -0.2) is 28.7 Å². The van der Waals surface area contributed by atoms with Gasteiger partial charge in [-0.1, -0.05) is 12.1 Å². The molecule has 16 heavy (non-hydrogen) atoms. The fourth-order valence-corrected chi connectivity index (χ4v) is 1.47. The highest BCUT2D eigenvalue weighted by atomic mass is 35.5. The van der Waals surface area contributed by atoms with E-state index in [0.29, 0.717) is 18.2 Å². The largest absolute Gasteiger partial charge is 0.337 e. The Morgan fingerprint density at radius 3 is 3.06 bits per heavy atom. The SMILES string of the molecule is O=C(NCCCl)Nc1n[nH]c2ccccc12. The van der Waals surface area contributed by atoms with Crippen molar-refractivity contribution in [2.75, 3.05) is 17.7 Å². The van der Waals surface area contributed by atoms with Crippen molar-refractivity contribution >= 4 is 34.4 Å². The molecule has 1 aromatic heterocycles. The van der Waals surface area contributed by atoms with E-state index in [1.165, 1.54) is 0 Å². The molecule has 0 saturated heterocycles. The lowest BCUT2D eigenvalue weighted by molar-refractivity contribution is 0.252. The molecule has 5 nitrogen and oxygen atoms in total. The lowest BCUT2D eigenvalue weighted by atomic mass is 10.2. The second-order valence-corrected chi connectivity index (χ2v) is 3.57. The molecule has 0 saturated carbocycles. The Hall–Kier alpha value is -1.75. The maximum Gasteiger partial charge on any atom is 0.320 e. The van der Waals surface area contributed by atoms with Gasteiger partial charge in [0, 0.05) is 17.8 Å². The number of aromatic amines is 1. The Morgan fingerprint density at radius 1 is 1.44 bits per heavy atom. The Morgan fingerprint density at radius 2 is 2.25 bits per heavy atom. The van der Waals surface area contributed by atoms with Crippen LogP contribution in [0.15, 0.2) is 24.3 Å². The van der Waals surface area contributed by atoms with Crippen molar-refractivity contribution in [2.45, 2.75) is 0 Å². The molecule has 0 fully saturated rings. The number of benzene rings is 1. The minimum absolute atomic E-state index is 0.307. The highest BCUT2D eigenvalue weighted by Gasteiger charge is 2.07. The molecule has 3 N–H and O–H groups in total. The number of hydrogen-bond donors (Lipinski definition) is 3. The molecule has 6 heteroatoms. The van der Waals surface area contributed by atoms with Crippen LogP contribution in [0.3, 0.4) is 0 Å². The average molecular weight is 239 g/mol. The van der Waals surface area contributed by atoms with Gasteiger partial charge in [-0.15, -0.1) is 11.6 Å². The molecular weight excluding hydrogens is 228 g/mol.